The molecular weight excluding hydrogens is 613 g/mol. The third-order valence-electron chi connectivity index (χ3n) is 11.2. The Morgan fingerprint density at radius 1 is 0.816 bits per heavy atom. The zero-order chi connectivity index (χ0) is 33.7. The van der Waals surface area contributed by atoms with E-state index in [0.29, 0.717) is 11.8 Å². The molecule has 2 aliphatic heterocycles. The summed E-state index contributed by atoms with van der Waals surface area (Å²) >= 11 is 0. The Bertz CT molecular complexity index is 1620. The third kappa shape index (κ3) is 7.65. The van der Waals surface area contributed by atoms with Crippen LogP contribution in [0.4, 0.5) is 16.0 Å². The van der Waals surface area contributed by atoms with Gasteiger partial charge in [-0.1, -0.05) is 42.5 Å². The molecule has 4 aromatic rings. The Morgan fingerprint density at radius 3 is 2.16 bits per heavy atom. The summed E-state index contributed by atoms with van der Waals surface area (Å²) in [5.41, 5.74) is 4.65. The van der Waals surface area contributed by atoms with E-state index in [1.807, 2.05) is 6.07 Å². The van der Waals surface area contributed by atoms with Crippen LogP contribution in [-0.4, -0.2) is 75.3 Å². The van der Waals surface area contributed by atoms with Gasteiger partial charge in [-0.05, 0) is 112 Å². The lowest BCUT2D eigenvalue weighted by molar-refractivity contribution is 0.0640. The van der Waals surface area contributed by atoms with Crippen LogP contribution >= 0.6 is 0 Å². The molecule has 7 rings (SSSR count). The van der Waals surface area contributed by atoms with Crippen LogP contribution in [0, 0.1) is 17.7 Å². The fourth-order valence-corrected chi connectivity index (χ4v) is 8.73. The molecule has 3 fully saturated rings. The molecule has 49 heavy (non-hydrogen) atoms. The fourth-order valence-electron chi connectivity index (χ4n) is 8.73. The van der Waals surface area contributed by atoms with Gasteiger partial charge in [0.05, 0.1) is 13.2 Å². The van der Waals surface area contributed by atoms with Crippen molar-refractivity contribution in [3.05, 3.63) is 107 Å². The van der Waals surface area contributed by atoms with Gasteiger partial charge in [-0.25, -0.2) is 9.37 Å². The fraction of sp³-hybridized carbons (Fsp3) is 0.488. The minimum absolute atomic E-state index is 0.122. The average molecular weight is 666 g/mol. The molecule has 3 aliphatic rings. The number of oxazole rings is 1. The van der Waals surface area contributed by atoms with Crippen LogP contribution in [0.1, 0.15) is 73.3 Å². The van der Waals surface area contributed by atoms with Crippen molar-refractivity contribution in [1.82, 2.24) is 14.8 Å². The molecule has 260 valence electrons. The number of hydrogen-bond acceptors (Lipinski definition) is 7. The largest absolute Gasteiger partial charge is 0.497 e. The molecule has 1 saturated carbocycles. The normalized spacial score (nSPS) is 21.7. The molecular formula is C41H52FN5O2. The van der Waals surface area contributed by atoms with Gasteiger partial charge in [-0.15, -0.1) is 0 Å². The summed E-state index contributed by atoms with van der Waals surface area (Å²) in [5.74, 6) is 3.51. The van der Waals surface area contributed by atoms with Gasteiger partial charge >= 0.3 is 0 Å². The number of rotatable bonds is 11. The number of halogens is 1. The maximum Gasteiger partial charge on any atom is 0.219 e. The van der Waals surface area contributed by atoms with Crippen LogP contribution in [0.3, 0.4) is 0 Å². The first-order valence-corrected chi connectivity index (χ1v) is 18.3. The standard InChI is InChI=1S/C41H52FN5O2/c1-44(2)38(33-12-9-13-34(42)29-33)31-14-16-32(17-15-31)39(46-26-24-45(25-27-46)35-18-20-36(48-3)21-19-35)40-43-37(28-30-10-5-4-6-11-30)41(49-40)47-22-7-8-23-47/h4-6,9-13,18-21,29,31-32,38-39H,7-8,14-17,22-28H2,1-3H3. The zero-order valence-corrected chi connectivity index (χ0v) is 29.4. The predicted octanol–water partition coefficient (Wildman–Crippen LogP) is 7.99. The Kier molecular flexibility index (Phi) is 10.5. The SMILES string of the molecule is COc1ccc(N2CCN(C(c3nc(Cc4ccccc4)c(N4CCCC4)o3)C3CCC(C(c4cccc(F)c4)N(C)C)CC3)CC2)cc1. The third-order valence-corrected chi connectivity index (χ3v) is 11.2. The van der Waals surface area contributed by atoms with E-state index in [1.54, 1.807) is 19.2 Å². The van der Waals surface area contributed by atoms with Crippen LogP contribution in [0.15, 0.2) is 83.3 Å². The van der Waals surface area contributed by atoms with Crippen molar-refractivity contribution in [3.8, 4) is 5.75 Å². The number of methoxy groups -OCH3 is 1. The van der Waals surface area contributed by atoms with E-state index >= 15 is 0 Å². The second kappa shape index (κ2) is 15.3. The summed E-state index contributed by atoms with van der Waals surface area (Å²) < 4.78 is 26.7. The molecule has 1 aromatic heterocycles. The van der Waals surface area contributed by atoms with Gasteiger partial charge in [0.1, 0.15) is 17.3 Å². The van der Waals surface area contributed by atoms with Gasteiger partial charge in [0.2, 0.25) is 11.8 Å². The van der Waals surface area contributed by atoms with Gasteiger partial charge in [0, 0.05) is 57.4 Å². The van der Waals surface area contributed by atoms with Crippen LogP contribution in [0.5, 0.6) is 5.75 Å². The van der Waals surface area contributed by atoms with E-state index in [-0.39, 0.29) is 17.9 Å². The van der Waals surface area contributed by atoms with E-state index in [4.69, 9.17) is 14.1 Å². The van der Waals surface area contributed by atoms with Crippen molar-refractivity contribution in [3.63, 3.8) is 0 Å². The van der Waals surface area contributed by atoms with Crippen molar-refractivity contribution in [2.24, 2.45) is 11.8 Å². The van der Waals surface area contributed by atoms with Crippen molar-refractivity contribution in [1.29, 1.82) is 0 Å². The molecule has 0 bridgehead atoms. The molecule has 3 heterocycles. The number of aromatic nitrogens is 1. The molecule has 8 heteroatoms. The highest BCUT2D eigenvalue weighted by Crippen LogP contribution is 2.46. The molecule has 0 amide bonds. The number of ether oxygens (including phenoxy) is 1. The second-order valence-corrected chi connectivity index (χ2v) is 14.5. The number of hydrogen-bond donors (Lipinski definition) is 0. The topological polar surface area (TPSA) is 48.2 Å². The van der Waals surface area contributed by atoms with E-state index < -0.39 is 0 Å². The Balaban J connectivity index is 1.16. The summed E-state index contributed by atoms with van der Waals surface area (Å²) in [4.78, 5) is 15.3. The summed E-state index contributed by atoms with van der Waals surface area (Å²) in [6, 6.07) is 26.6. The first kappa shape index (κ1) is 33.6. The Hall–Kier alpha value is -3.88. The molecule has 0 radical (unpaired) electrons. The van der Waals surface area contributed by atoms with Crippen molar-refractivity contribution in [2.45, 2.75) is 57.0 Å². The van der Waals surface area contributed by atoms with Crippen molar-refractivity contribution >= 4 is 11.6 Å². The Labute approximate surface area is 291 Å². The van der Waals surface area contributed by atoms with Gasteiger partial charge in [-0.2, -0.15) is 0 Å². The molecule has 1 aliphatic carbocycles. The van der Waals surface area contributed by atoms with E-state index in [2.05, 4.69) is 94.4 Å². The summed E-state index contributed by atoms with van der Waals surface area (Å²) in [7, 11) is 5.98. The van der Waals surface area contributed by atoms with Gasteiger partial charge < -0.3 is 23.9 Å². The van der Waals surface area contributed by atoms with Crippen LogP contribution < -0.4 is 14.5 Å². The van der Waals surface area contributed by atoms with Crippen molar-refractivity contribution in [2.75, 3.05) is 70.3 Å². The highest BCUT2D eigenvalue weighted by molar-refractivity contribution is 5.49. The lowest BCUT2D eigenvalue weighted by atomic mass is 9.73. The lowest BCUT2D eigenvalue weighted by Crippen LogP contribution is -2.49. The number of piperazine rings is 1. The van der Waals surface area contributed by atoms with Crippen LogP contribution in [0.25, 0.3) is 0 Å². The predicted molar refractivity (Wildman–Crippen MR) is 195 cm³/mol. The molecule has 7 nitrogen and oxygen atoms in total. The molecule has 0 N–H and O–H groups in total. The minimum atomic E-state index is -0.157. The first-order valence-electron chi connectivity index (χ1n) is 18.3. The van der Waals surface area contributed by atoms with Crippen molar-refractivity contribution < 1.29 is 13.5 Å². The Morgan fingerprint density at radius 2 is 1.51 bits per heavy atom. The molecule has 2 unspecified atom stereocenters. The molecule has 0 spiro atoms. The summed E-state index contributed by atoms with van der Waals surface area (Å²) in [6.07, 6.45) is 7.57. The second-order valence-electron chi connectivity index (χ2n) is 14.5. The maximum absolute atomic E-state index is 14.3. The van der Waals surface area contributed by atoms with Gasteiger partial charge in [0.15, 0.2) is 0 Å². The minimum Gasteiger partial charge on any atom is -0.497 e. The smallest absolute Gasteiger partial charge is 0.219 e. The summed E-state index contributed by atoms with van der Waals surface area (Å²) in [5, 5.41) is 0. The number of anilines is 2. The molecule has 3 aromatic carbocycles. The maximum atomic E-state index is 14.3. The zero-order valence-electron chi connectivity index (χ0n) is 29.4. The number of nitrogens with zero attached hydrogens (tertiary/aromatic N) is 5. The highest BCUT2D eigenvalue weighted by Gasteiger charge is 2.40. The number of benzene rings is 3. The van der Waals surface area contributed by atoms with E-state index in [0.717, 1.165) is 100 Å². The molecule has 2 atom stereocenters. The monoisotopic (exact) mass is 665 g/mol. The van der Waals surface area contributed by atoms with Gasteiger partial charge in [-0.3, -0.25) is 4.90 Å². The molecule has 2 saturated heterocycles. The van der Waals surface area contributed by atoms with E-state index in [1.165, 1.54) is 24.1 Å². The van der Waals surface area contributed by atoms with E-state index in [9.17, 15) is 4.39 Å². The van der Waals surface area contributed by atoms with Gasteiger partial charge in [0.25, 0.3) is 0 Å². The average Bonchev–Trinajstić information content (AvgIpc) is 3.81. The summed E-state index contributed by atoms with van der Waals surface area (Å²) in [6.45, 7) is 5.87. The van der Waals surface area contributed by atoms with Crippen LogP contribution in [-0.2, 0) is 6.42 Å². The lowest BCUT2D eigenvalue weighted by Gasteiger charge is -2.44. The highest BCUT2D eigenvalue weighted by atomic mass is 19.1. The van der Waals surface area contributed by atoms with Crippen LogP contribution in [0.2, 0.25) is 0 Å². The quantitative estimate of drug-likeness (QED) is 0.161. The first-order chi connectivity index (χ1) is 24.0.